The van der Waals surface area contributed by atoms with Gasteiger partial charge in [-0.3, -0.25) is 9.78 Å². The molecule has 1 aliphatic heterocycles. The number of hydrogen-bond acceptors (Lipinski definition) is 7. The Balaban J connectivity index is 1.58. The average molecular weight is 379 g/mol. The van der Waals surface area contributed by atoms with Crippen LogP contribution in [0.3, 0.4) is 0 Å². The fourth-order valence-electron chi connectivity index (χ4n) is 3.14. The summed E-state index contributed by atoms with van der Waals surface area (Å²) in [6.07, 6.45) is 3.86. The van der Waals surface area contributed by atoms with Gasteiger partial charge in [-0.1, -0.05) is 0 Å². The van der Waals surface area contributed by atoms with Gasteiger partial charge in [0.2, 0.25) is 5.89 Å². The quantitative estimate of drug-likeness (QED) is 0.697. The Kier molecular flexibility index (Phi) is 4.52. The molecule has 8 heteroatoms. The highest BCUT2D eigenvalue weighted by atomic mass is 16.5. The van der Waals surface area contributed by atoms with Gasteiger partial charge in [0.25, 0.3) is 5.91 Å². The van der Waals surface area contributed by atoms with Crippen LogP contribution in [0.15, 0.2) is 47.1 Å². The number of phenols is 1. The fourth-order valence-corrected chi connectivity index (χ4v) is 3.14. The average Bonchev–Trinajstić information content (AvgIpc) is 3.16. The Morgan fingerprint density at radius 3 is 2.82 bits per heavy atom. The van der Waals surface area contributed by atoms with E-state index in [-0.39, 0.29) is 29.3 Å². The van der Waals surface area contributed by atoms with Crippen molar-refractivity contribution in [3.8, 4) is 17.2 Å². The summed E-state index contributed by atoms with van der Waals surface area (Å²) >= 11 is 0. The van der Waals surface area contributed by atoms with Gasteiger partial charge in [-0.2, -0.15) is 0 Å². The van der Waals surface area contributed by atoms with Crippen LogP contribution in [0.1, 0.15) is 32.2 Å². The van der Waals surface area contributed by atoms with Crippen LogP contribution in [0, 0.1) is 0 Å². The number of carbonyl (C=O) groups is 2. The lowest BCUT2D eigenvalue weighted by Gasteiger charge is -2.25. The zero-order valence-electron chi connectivity index (χ0n) is 15.1. The van der Waals surface area contributed by atoms with Gasteiger partial charge < -0.3 is 19.2 Å². The van der Waals surface area contributed by atoms with Crippen molar-refractivity contribution in [2.45, 2.75) is 13.0 Å². The number of pyridine rings is 1. The zero-order chi connectivity index (χ0) is 19.7. The lowest BCUT2D eigenvalue weighted by molar-refractivity contribution is 0.0600. The standard InChI is InChI=1S/C20H17N3O5/c1-27-20(26)14-7-13(8-15(24)9-14)19(25)23-6-4-17-16(11-23)22-18(28-17)12-3-2-5-21-10-12/h2-3,5,7-10,24H,4,6,11H2,1H3. The molecule has 28 heavy (non-hydrogen) atoms. The first kappa shape index (κ1) is 17.7. The molecule has 1 N–H and O–H groups in total. The monoisotopic (exact) mass is 379 g/mol. The van der Waals surface area contributed by atoms with Crippen LogP contribution in [0.5, 0.6) is 5.75 Å². The van der Waals surface area contributed by atoms with Gasteiger partial charge in [0.1, 0.15) is 17.2 Å². The summed E-state index contributed by atoms with van der Waals surface area (Å²) in [6, 6.07) is 7.65. The van der Waals surface area contributed by atoms with Crippen molar-refractivity contribution in [1.82, 2.24) is 14.9 Å². The SMILES string of the molecule is COC(=O)c1cc(O)cc(C(=O)N2CCc3oc(-c4cccnc4)nc3C2)c1. The van der Waals surface area contributed by atoms with E-state index in [2.05, 4.69) is 14.7 Å². The molecule has 8 nitrogen and oxygen atoms in total. The number of aromatic nitrogens is 2. The second-order valence-corrected chi connectivity index (χ2v) is 6.37. The predicted molar refractivity (Wildman–Crippen MR) is 97.6 cm³/mol. The third-order valence-electron chi connectivity index (χ3n) is 4.51. The lowest BCUT2D eigenvalue weighted by Crippen LogP contribution is -2.35. The minimum absolute atomic E-state index is 0.115. The van der Waals surface area contributed by atoms with Crippen molar-refractivity contribution in [1.29, 1.82) is 0 Å². The Labute approximate surface area is 160 Å². The summed E-state index contributed by atoms with van der Waals surface area (Å²) in [5.41, 5.74) is 1.78. The maximum atomic E-state index is 12.9. The molecule has 0 saturated carbocycles. The van der Waals surface area contributed by atoms with E-state index in [0.717, 1.165) is 11.3 Å². The molecular formula is C20H17N3O5. The molecule has 0 spiro atoms. The minimum atomic E-state index is -0.622. The normalized spacial score (nSPS) is 13.1. The van der Waals surface area contributed by atoms with E-state index in [1.165, 1.54) is 25.3 Å². The van der Waals surface area contributed by atoms with Crippen LogP contribution in [0.2, 0.25) is 0 Å². The molecule has 3 aromatic rings. The summed E-state index contributed by atoms with van der Waals surface area (Å²) in [7, 11) is 1.24. The number of amides is 1. The summed E-state index contributed by atoms with van der Waals surface area (Å²) in [6.45, 7) is 0.720. The van der Waals surface area contributed by atoms with Gasteiger partial charge in [-0.15, -0.1) is 0 Å². The van der Waals surface area contributed by atoms with Crippen LogP contribution in [0.4, 0.5) is 0 Å². The molecule has 4 rings (SSSR count). The third-order valence-corrected chi connectivity index (χ3v) is 4.51. The molecular weight excluding hydrogens is 362 g/mol. The Bertz CT molecular complexity index is 1050. The molecule has 0 unspecified atom stereocenters. The van der Waals surface area contributed by atoms with Gasteiger partial charge in [-0.05, 0) is 30.3 Å². The first-order chi connectivity index (χ1) is 13.5. The second kappa shape index (κ2) is 7.15. The Morgan fingerprint density at radius 2 is 2.07 bits per heavy atom. The Morgan fingerprint density at radius 1 is 1.25 bits per heavy atom. The van der Waals surface area contributed by atoms with Gasteiger partial charge >= 0.3 is 5.97 Å². The molecule has 0 saturated heterocycles. The van der Waals surface area contributed by atoms with Crippen molar-refractivity contribution in [2.24, 2.45) is 0 Å². The first-order valence-corrected chi connectivity index (χ1v) is 8.66. The van der Waals surface area contributed by atoms with Gasteiger partial charge in [0, 0.05) is 30.9 Å². The molecule has 1 aliphatic rings. The number of aromatic hydroxyl groups is 1. The molecule has 142 valence electrons. The van der Waals surface area contributed by atoms with E-state index in [0.29, 0.717) is 24.6 Å². The summed E-state index contributed by atoms with van der Waals surface area (Å²) < 4.78 is 10.5. The van der Waals surface area contributed by atoms with E-state index in [9.17, 15) is 14.7 Å². The number of benzene rings is 1. The molecule has 1 amide bonds. The number of ether oxygens (including phenoxy) is 1. The lowest BCUT2D eigenvalue weighted by atomic mass is 10.1. The third kappa shape index (κ3) is 3.32. The predicted octanol–water partition coefficient (Wildman–Crippen LogP) is 2.43. The number of hydrogen-bond donors (Lipinski definition) is 1. The zero-order valence-corrected chi connectivity index (χ0v) is 15.1. The van der Waals surface area contributed by atoms with Crippen molar-refractivity contribution >= 4 is 11.9 Å². The van der Waals surface area contributed by atoms with Crippen molar-refractivity contribution < 1.29 is 23.8 Å². The summed E-state index contributed by atoms with van der Waals surface area (Å²) in [4.78, 5) is 34.8. The number of carbonyl (C=O) groups excluding carboxylic acids is 2. The van der Waals surface area contributed by atoms with Crippen LogP contribution >= 0.6 is 0 Å². The number of oxazole rings is 1. The van der Waals surface area contributed by atoms with Crippen molar-refractivity contribution in [3.05, 3.63) is 65.3 Å². The fraction of sp³-hybridized carbons (Fsp3) is 0.200. The molecule has 0 bridgehead atoms. The Hall–Kier alpha value is -3.68. The highest BCUT2D eigenvalue weighted by Crippen LogP contribution is 2.27. The van der Waals surface area contributed by atoms with E-state index >= 15 is 0 Å². The molecule has 2 aromatic heterocycles. The van der Waals surface area contributed by atoms with Crippen LogP contribution in [-0.2, 0) is 17.7 Å². The van der Waals surface area contributed by atoms with E-state index < -0.39 is 5.97 Å². The smallest absolute Gasteiger partial charge is 0.338 e. The van der Waals surface area contributed by atoms with Crippen LogP contribution in [0.25, 0.3) is 11.5 Å². The highest BCUT2D eigenvalue weighted by Gasteiger charge is 2.27. The van der Waals surface area contributed by atoms with Crippen molar-refractivity contribution in [2.75, 3.05) is 13.7 Å². The largest absolute Gasteiger partial charge is 0.508 e. The molecule has 1 aromatic carbocycles. The molecule has 3 heterocycles. The van der Waals surface area contributed by atoms with E-state index in [4.69, 9.17) is 4.42 Å². The van der Waals surface area contributed by atoms with Gasteiger partial charge in [-0.25, -0.2) is 9.78 Å². The number of methoxy groups -OCH3 is 1. The number of nitrogens with zero attached hydrogens (tertiary/aromatic N) is 3. The molecule has 0 fully saturated rings. The second-order valence-electron chi connectivity index (χ2n) is 6.37. The highest BCUT2D eigenvalue weighted by molar-refractivity contribution is 5.98. The first-order valence-electron chi connectivity index (χ1n) is 8.66. The molecule has 0 aliphatic carbocycles. The number of rotatable bonds is 3. The maximum absolute atomic E-state index is 12.9. The van der Waals surface area contributed by atoms with Crippen molar-refractivity contribution in [3.63, 3.8) is 0 Å². The minimum Gasteiger partial charge on any atom is -0.508 e. The number of fused-ring (bicyclic) bond motifs is 1. The maximum Gasteiger partial charge on any atom is 0.338 e. The topological polar surface area (TPSA) is 106 Å². The summed E-state index contributed by atoms with van der Waals surface area (Å²) in [5.74, 6) is 0.108. The van der Waals surface area contributed by atoms with Gasteiger partial charge in [0.15, 0.2) is 0 Å². The van der Waals surface area contributed by atoms with Crippen LogP contribution < -0.4 is 0 Å². The summed E-state index contributed by atoms with van der Waals surface area (Å²) in [5, 5.41) is 9.86. The van der Waals surface area contributed by atoms with E-state index in [1.807, 2.05) is 6.07 Å². The molecule has 0 atom stereocenters. The number of phenolic OH excluding ortho intramolecular Hbond substituents is 1. The van der Waals surface area contributed by atoms with Crippen LogP contribution in [-0.4, -0.2) is 45.5 Å². The molecule has 0 radical (unpaired) electrons. The van der Waals surface area contributed by atoms with E-state index in [1.54, 1.807) is 23.4 Å². The van der Waals surface area contributed by atoms with Gasteiger partial charge in [0.05, 0.1) is 24.8 Å². The number of esters is 1.